The van der Waals surface area contributed by atoms with Crippen molar-refractivity contribution in [1.82, 2.24) is 0 Å². The van der Waals surface area contributed by atoms with Gasteiger partial charge in [0.2, 0.25) is 5.82 Å². The van der Waals surface area contributed by atoms with Crippen molar-refractivity contribution in [2.45, 2.75) is 24.7 Å². The second-order valence-electron chi connectivity index (χ2n) is 3.93. The molecule has 0 atom stereocenters. The number of phenolic OH excluding ortho intramolecular Hbond substituents is 1. The molecular formula is C11H8F3NO. The van der Waals surface area contributed by atoms with Crippen LogP contribution in [0.15, 0.2) is 6.07 Å². The van der Waals surface area contributed by atoms with Gasteiger partial charge in [0.05, 0.1) is 11.5 Å². The molecular weight excluding hydrogens is 219 g/mol. The smallest absolute Gasteiger partial charge is 0.203 e. The molecule has 0 bridgehead atoms. The monoisotopic (exact) mass is 227 g/mol. The standard InChI is InChI=1S/C11H8F3NO/c12-7-4-6(10(16)9(14)8(7)13)11(5-15)2-1-3-11/h4,16H,1-3H2. The van der Waals surface area contributed by atoms with Crippen molar-refractivity contribution >= 4 is 0 Å². The van der Waals surface area contributed by atoms with Crippen LogP contribution in [-0.4, -0.2) is 5.11 Å². The lowest BCUT2D eigenvalue weighted by atomic mass is 9.65. The van der Waals surface area contributed by atoms with Gasteiger partial charge >= 0.3 is 0 Å². The fourth-order valence-electron chi connectivity index (χ4n) is 1.92. The Morgan fingerprint density at radius 3 is 2.31 bits per heavy atom. The van der Waals surface area contributed by atoms with Crippen LogP contribution in [0.1, 0.15) is 24.8 Å². The minimum absolute atomic E-state index is 0.155. The van der Waals surface area contributed by atoms with Crippen molar-refractivity contribution in [1.29, 1.82) is 5.26 Å². The van der Waals surface area contributed by atoms with Crippen LogP contribution in [0.2, 0.25) is 0 Å². The topological polar surface area (TPSA) is 44.0 Å². The predicted octanol–water partition coefficient (Wildman–Crippen LogP) is 2.75. The van der Waals surface area contributed by atoms with Gasteiger partial charge < -0.3 is 5.11 Å². The summed E-state index contributed by atoms with van der Waals surface area (Å²) < 4.78 is 38.9. The van der Waals surface area contributed by atoms with E-state index in [1.807, 2.05) is 6.07 Å². The summed E-state index contributed by atoms with van der Waals surface area (Å²) in [4.78, 5) is 0. The second kappa shape index (κ2) is 3.41. The second-order valence-corrected chi connectivity index (χ2v) is 3.93. The predicted molar refractivity (Wildman–Crippen MR) is 49.1 cm³/mol. The van der Waals surface area contributed by atoms with E-state index in [0.29, 0.717) is 18.9 Å². The summed E-state index contributed by atoms with van der Waals surface area (Å²) in [6.45, 7) is 0. The third-order valence-electron chi connectivity index (χ3n) is 3.07. The zero-order valence-corrected chi connectivity index (χ0v) is 8.23. The van der Waals surface area contributed by atoms with Crippen molar-refractivity contribution in [3.8, 4) is 11.8 Å². The van der Waals surface area contributed by atoms with Gasteiger partial charge in [0.25, 0.3) is 0 Å². The molecule has 1 aliphatic carbocycles. The highest BCUT2D eigenvalue weighted by molar-refractivity contribution is 5.46. The van der Waals surface area contributed by atoms with Gasteiger partial charge in [0.1, 0.15) is 0 Å². The number of halogens is 3. The molecule has 1 aromatic carbocycles. The van der Waals surface area contributed by atoms with Crippen LogP contribution in [-0.2, 0) is 5.41 Å². The third-order valence-corrected chi connectivity index (χ3v) is 3.07. The van der Waals surface area contributed by atoms with Crippen LogP contribution in [0.25, 0.3) is 0 Å². The number of nitriles is 1. The Morgan fingerprint density at radius 2 is 1.88 bits per heavy atom. The molecule has 0 radical (unpaired) electrons. The number of phenols is 1. The van der Waals surface area contributed by atoms with Gasteiger partial charge in [-0.15, -0.1) is 0 Å². The summed E-state index contributed by atoms with van der Waals surface area (Å²) in [7, 11) is 0. The first-order valence-corrected chi connectivity index (χ1v) is 4.80. The van der Waals surface area contributed by atoms with E-state index < -0.39 is 28.6 Å². The van der Waals surface area contributed by atoms with E-state index in [1.165, 1.54) is 0 Å². The van der Waals surface area contributed by atoms with Gasteiger partial charge in [-0.25, -0.2) is 8.78 Å². The average Bonchev–Trinajstić information content (AvgIpc) is 2.21. The minimum atomic E-state index is -1.71. The summed E-state index contributed by atoms with van der Waals surface area (Å²) in [5, 5.41) is 18.4. The van der Waals surface area contributed by atoms with Gasteiger partial charge in [-0.3, -0.25) is 0 Å². The van der Waals surface area contributed by atoms with Gasteiger partial charge in [0, 0.05) is 5.56 Å². The Balaban J connectivity index is 2.63. The van der Waals surface area contributed by atoms with Crippen molar-refractivity contribution in [2.75, 3.05) is 0 Å². The molecule has 16 heavy (non-hydrogen) atoms. The van der Waals surface area contributed by atoms with Crippen molar-refractivity contribution in [3.05, 3.63) is 29.1 Å². The highest BCUT2D eigenvalue weighted by Crippen LogP contribution is 2.47. The van der Waals surface area contributed by atoms with Crippen molar-refractivity contribution in [3.63, 3.8) is 0 Å². The molecule has 1 N–H and O–H groups in total. The third kappa shape index (κ3) is 1.26. The zero-order chi connectivity index (χ0) is 11.9. The summed E-state index contributed by atoms with van der Waals surface area (Å²) >= 11 is 0. The van der Waals surface area contributed by atoms with E-state index in [4.69, 9.17) is 5.26 Å². The Morgan fingerprint density at radius 1 is 1.25 bits per heavy atom. The molecule has 2 nitrogen and oxygen atoms in total. The van der Waals surface area contributed by atoms with E-state index in [-0.39, 0.29) is 5.56 Å². The van der Waals surface area contributed by atoms with Gasteiger partial charge in [-0.1, -0.05) is 0 Å². The van der Waals surface area contributed by atoms with Gasteiger partial charge in [-0.2, -0.15) is 9.65 Å². The normalized spacial score (nSPS) is 17.6. The lowest BCUT2D eigenvalue weighted by molar-refractivity contribution is 0.298. The molecule has 1 fully saturated rings. The van der Waals surface area contributed by atoms with E-state index in [9.17, 15) is 18.3 Å². The molecule has 0 unspecified atom stereocenters. The molecule has 5 heteroatoms. The van der Waals surface area contributed by atoms with E-state index >= 15 is 0 Å². The summed E-state index contributed by atoms with van der Waals surface area (Å²) in [5.74, 6) is -5.68. The molecule has 0 aromatic heterocycles. The quantitative estimate of drug-likeness (QED) is 0.749. The van der Waals surface area contributed by atoms with Crippen LogP contribution < -0.4 is 0 Å². The van der Waals surface area contributed by atoms with E-state index in [1.54, 1.807) is 0 Å². The molecule has 84 valence electrons. The van der Waals surface area contributed by atoms with Crippen molar-refractivity contribution in [2.24, 2.45) is 0 Å². The largest absolute Gasteiger partial charge is 0.505 e. The van der Waals surface area contributed by atoms with Crippen LogP contribution in [0.3, 0.4) is 0 Å². The lowest BCUT2D eigenvalue weighted by Crippen LogP contribution is -2.32. The van der Waals surface area contributed by atoms with Crippen LogP contribution in [0.4, 0.5) is 13.2 Å². The van der Waals surface area contributed by atoms with Gasteiger partial charge in [0.15, 0.2) is 17.4 Å². The molecule has 2 rings (SSSR count). The van der Waals surface area contributed by atoms with Crippen LogP contribution in [0.5, 0.6) is 5.75 Å². The first kappa shape index (κ1) is 10.8. The number of hydrogen-bond acceptors (Lipinski definition) is 2. The maximum absolute atomic E-state index is 13.1. The summed E-state index contributed by atoms with van der Waals surface area (Å²) in [6, 6.07) is 2.63. The zero-order valence-electron chi connectivity index (χ0n) is 8.23. The van der Waals surface area contributed by atoms with Gasteiger partial charge in [-0.05, 0) is 25.3 Å². The van der Waals surface area contributed by atoms with E-state index in [2.05, 4.69) is 0 Å². The fraction of sp³-hybridized carbons (Fsp3) is 0.364. The molecule has 1 saturated carbocycles. The van der Waals surface area contributed by atoms with Crippen molar-refractivity contribution < 1.29 is 18.3 Å². The maximum atomic E-state index is 13.1. The molecule has 0 amide bonds. The van der Waals surface area contributed by atoms with Crippen LogP contribution >= 0.6 is 0 Å². The summed E-state index contributed by atoms with van der Waals surface area (Å²) in [6.07, 6.45) is 1.58. The first-order chi connectivity index (χ1) is 7.52. The maximum Gasteiger partial charge on any atom is 0.203 e. The molecule has 1 aliphatic rings. The fourth-order valence-corrected chi connectivity index (χ4v) is 1.92. The Hall–Kier alpha value is -1.70. The van der Waals surface area contributed by atoms with E-state index in [0.717, 1.165) is 6.42 Å². The molecule has 0 aliphatic heterocycles. The highest BCUT2D eigenvalue weighted by atomic mass is 19.2. The highest BCUT2D eigenvalue weighted by Gasteiger charge is 2.42. The minimum Gasteiger partial charge on any atom is -0.505 e. The molecule has 1 aromatic rings. The Labute approximate surface area is 89.9 Å². The lowest BCUT2D eigenvalue weighted by Gasteiger charge is -2.35. The summed E-state index contributed by atoms with van der Waals surface area (Å²) in [5.41, 5.74) is -1.22. The average molecular weight is 227 g/mol. The molecule has 0 heterocycles. The molecule has 0 saturated heterocycles. The number of rotatable bonds is 1. The Kier molecular flexibility index (Phi) is 2.30. The number of benzene rings is 1. The SMILES string of the molecule is N#CC1(c2cc(F)c(F)c(F)c2O)CCC1. The number of aromatic hydroxyl groups is 1. The first-order valence-electron chi connectivity index (χ1n) is 4.80. The van der Waals surface area contributed by atoms with Crippen LogP contribution in [0, 0.1) is 28.8 Å². The number of hydrogen-bond donors (Lipinski definition) is 1. The Bertz CT molecular complexity index is 489. The number of nitrogens with zero attached hydrogens (tertiary/aromatic N) is 1. The molecule has 0 spiro atoms.